The maximum atomic E-state index is 13.5. The van der Waals surface area contributed by atoms with Gasteiger partial charge in [-0.15, -0.1) is 0 Å². The number of nitrogens with zero attached hydrogens (tertiary/aromatic N) is 2. The van der Waals surface area contributed by atoms with E-state index in [2.05, 4.69) is 17.1 Å². The van der Waals surface area contributed by atoms with Crippen molar-refractivity contribution >= 4 is 16.9 Å². The quantitative estimate of drug-likeness (QED) is 0.649. The number of rotatable bonds is 5. The number of hydrogen-bond donors (Lipinski definition) is 1. The number of aliphatic imine (C=N–C) groups is 1. The number of ether oxygens (including phenoxy) is 1. The fraction of sp³-hybridized carbons (Fsp3) is 0.550. The van der Waals surface area contributed by atoms with E-state index < -0.39 is 0 Å². The molecule has 0 spiro atoms. The van der Waals surface area contributed by atoms with E-state index in [4.69, 9.17) is 14.1 Å². The van der Waals surface area contributed by atoms with Crippen molar-refractivity contribution in [3.05, 3.63) is 35.3 Å². The highest BCUT2D eigenvalue weighted by Gasteiger charge is 2.21. The Hall–Kier alpha value is -2.08. The van der Waals surface area contributed by atoms with Crippen LogP contribution in [0.3, 0.4) is 0 Å². The van der Waals surface area contributed by atoms with Crippen molar-refractivity contribution in [3.8, 4) is 0 Å². The van der Waals surface area contributed by atoms with Gasteiger partial charge in [-0.1, -0.05) is 0 Å². The summed E-state index contributed by atoms with van der Waals surface area (Å²) in [5.74, 6) is 1.43. The second-order valence-corrected chi connectivity index (χ2v) is 6.60. The monoisotopic (exact) mass is 361 g/mol. The van der Waals surface area contributed by atoms with E-state index in [-0.39, 0.29) is 5.82 Å². The molecule has 6 heteroatoms. The molecule has 5 nitrogen and oxygen atoms in total. The van der Waals surface area contributed by atoms with Crippen molar-refractivity contribution in [3.63, 3.8) is 0 Å². The molecule has 0 bridgehead atoms. The average molecular weight is 361 g/mol. The summed E-state index contributed by atoms with van der Waals surface area (Å²) < 4.78 is 25.1. The number of benzene rings is 1. The van der Waals surface area contributed by atoms with Gasteiger partial charge in [0.2, 0.25) is 0 Å². The fourth-order valence-corrected chi connectivity index (χ4v) is 3.44. The summed E-state index contributed by atoms with van der Waals surface area (Å²) in [6.45, 7) is 9.95. The Morgan fingerprint density at radius 3 is 2.81 bits per heavy atom. The number of likely N-dealkylation sites (tertiary alicyclic amines) is 1. The summed E-state index contributed by atoms with van der Waals surface area (Å²) in [5.41, 5.74) is 1.66. The Balaban J connectivity index is 1.73. The zero-order chi connectivity index (χ0) is 18.5. The van der Waals surface area contributed by atoms with Gasteiger partial charge in [-0.25, -0.2) is 9.38 Å². The zero-order valence-electron chi connectivity index (χ0n) is 15.8. The third-order valence-corrected chi connectivity index (χ3v) is 4.85. The molecule has 2 aromatic rings. The van der Waals surface area contributed by atoms with Gasteiger partial charge in [-0.3, -0.25) is 0 Å². The number of fused-ring (bicyclic) bond motifs is 1. The van der Waals surface area contributed by atoms with Gasteiger partial charge in [0.15, 0.2) is 5.96 Å². The molecule has 0 saturated carbocycles. The SMILES string of the molecule is CCNC(=NCc1oc2ccc(F)cc2c1C)N1CCC(OCC)CC1. The highest BCUT2D eigenvalue weighted by atomic mass is 19.1. The van der Waals surface area contributed by atoms with Gasteiger partial charge in [-0.2, -0.15) is 0 Å². The van der Waals surface area contributed by atoms with Crippen LogP contribution in [0.1, 0.15) is 38.0 Å². The summed E-state index contributed by atoms with van der Waals surface area (Å²) in [4.78, 5) is 7.03. The normalized spacial score (nSPS) is 16.5. The lowest BCUT2D eigenvalue weighted by molar-refractivity contribution is 0.0263. The summed E-state index contributed by atoms with van der Waals surface area (Å²) in [6.07, 6.45) is 2.38. The van der Waals surface area contributed by atoms with Crippen LogP contribution in [0, 0.1) is 12.7 Å². The van der Waals surface area contributed by atoms with E-state index in [0.29, 0.717) is 18.2 Å². The molecule has 1 aliphatic heterocycles. The van der Waals surface area contributed by atoms with Crippen molar-refractivity contribution in [1.29, 1.82) is 0 Å². The standard InChI is InChI=1S/C20H28FN3O2/c1-4-22-20(24-10-8-16(9-11-24)25-5-2)23-13-19-14(3)17-12-15(21)6-7-18(17)26-19/h6-7,12,16H,4-5,8-11,13H2,1-3H3,(H,22,23). The molecule has 0 atom stereocenters. The molecule has 26 heavy (non-hydrogen) atoms. The van der Waals surface area contributed by atoms with Crippen LogP contribution >= 0.6 is 0 Å². The van der Waals surface area contributed by atoms with Gasteiger partial charge in [0.1, 0.15) is 23.7 Å². The minimum atomic E-state index is -0.248. The largest absolute Gasteiger partial charge is 0.459 e. The fourth-order valence-electron chi connectivity index (χ4n) is 3.44. The van der Waals surface area contributed by atoms with Crippen molar-refractivity contribution < 1.29 is 13.5 Å². The van der Waals surface area contributed by atoms with Gasteiger partial charge in [0.25, 0.3) is 0 Å². The van der Waals surface area contributed by atoms with Crippen molar-refractivity contribution in [1.82, 2.24) is 10.2 Å². The van der Waals surface area contributed by atoms with Gasteiger partial charge >= 0.3 is 0 Å². The molecular formula is C20H28FN3O2. The smallest absolute Gasteiger partial charge is 0.194 e. The van der Waals surface area contributed by atoms with E-state index >= 15 is 0 Å². The molecule has 1 aromatic carbocycles. The molecule has 1 fully saturated rings. The van der Waals surface area contributed by atoms with E-state index in [0.717, 1.165) is 61.8 Å². The first-order chi connectivity index (χ1) is 12.6. The maximum absolute atomic E-state index is 13.5. The molecule has 2 heterocycles. The molecule has 0 unspecified atom stereocenters. The van der Waals surface area contributed by atoms with Crippen LogP contribution in [-0.2, 0) is 11.3 Å². The highest BCUT2D eigenvalue weighted by molar-refractivity contribution is 5.82. The lowest BCUT2D eigenvalue weighted by Crippen LogP contribution is -2.47. The van der Waals surface area contributed by atoms with Gasteiger partial charge < -0.3 is 19.4 Å². The number of hydrogen-bond acceptors (Lipinski definition) is 3. The summed E-state index contributed by atoms with van der Waals surface area (Å²) in [7, 11) is 0. The van der Waals surface area contributed by atoms with E-state index in [9.17, 15) is 4.39 Å². The van der Waals surface area contributed by atoms with Crippen LogP contribution in [0.4, 0.5) is 4.39 Å². The Kier molecular flexibility index (Phi) is 6.14. The first kappa shape index (κ1) is 18.7. The van der Waals surface area contributed by atoms with E-state index in [1.165, 1.54) is 12.1 Å². The van der Waals surface area contributed by atoms with Crippen molar-refractivity contribution in [2.75, 3.05) is 26.2 Å². The molecule has 1 N–H and O–H groups in total. The average Bonchev–Trinajstić information content (AvgIpc) is 2.95. The molecule has 1 saturated heterocycles. The zero-order valence-corrected chi connectivity index (χ0v) is 15.8. The Bertz CT molecular complexity index is 764. The van der Waals surface area contributed by atoms with Crippen LogP contribution < -0.4 is 5.32 Å². The van der Waals surface area contributed by atoms with Crippen molar-refractivity contribution in [2.24, 2.45) is 4.99 Å². The molecule has 0 aliphatic carbocycles. The third-order valence-electron chi connectivity index (χ3n) is 4.85. The Morgan fingerprint density at radius 1 is 1.35 bits per heavy atom. The maximum Gasteiger partial charge on any atom is 0.194 e. The van der Waals surface area contributed by atoms with Crippen LogP contribution in [0.2, 0.25) is 0 Å². The minimum absolute atomic E-state index is 0.248. The molecule has 0 radical (unpaired) electrons. The highest BCUT2D eigenvalue weighted by Crippen LogP contribution is 2.26. The number of furan rings is 1. The van der Waals surface area contributed by atoms with Crippen LogP contribution in [0.5, 0.6) is 0 Å². The van der Waals surface area contributed by atoms with E-state index in [1.807, 2.05) is 13.8 Å². The van der Waals surface area contributed by atoms with Crippen LogP contribution in [-0.4, -0.2) is 43.2 Å². The first-order valence-corrected chi connectivity index (χ1v) is 9.44. The second kappa shape index (κ2) is 8.54. The number of piperidine rings is 1. The van der Waals surface area contributed by atoms with Gasteiger partial charge in [0, 0.05) is 37.2 Å². The molecule has 1 aliphatic rings. The number of nitrogens with one attached hydrogen (secondary N) is 1. The third kappa shape index (κ3) is 4.18. The predicted octanol–water partition coefficient (Wildman–Crippen LogP) is 3.85. The Morgan fingerprint density at radius 2 is 2.12 bits per heavy atom. The van der Waals surface area contributed by atoms with Gasteiger partial charge in [0.05, 0.1) is 6.10 Å². The van der Waals surface area contributed by atoms with Crippen LogP contribution in [0.15, 0.2) is 27.6 Å². The number of guanidine groups is 1. The van der Waals surface area contributed by atoms with Crippen molar-refractivity contribution in [2.45, 2.75) is 46.3 Å². The predicted molar refractivity (Wildman–Crippen MR) is 102 cm³/mol. The Labute approximate surface area is 154 Å². The summed E-state index contributed by atoms with van der Waals surface area (Å²) >= 11 is 0. The second-order valence-electron chi connectivity index (χ2n) is 6.60. The molecule has 1 aromatic heterocycles. The first-order valence-electron chi connectivity index (χ1n) is 9.44. The molecule has 0 amide bonds. The minimum Gasteiger partial charge on any atom is -0.459 e. The molecule has 142 valence electrons. The number of halogens is 1. The topological polar surface area (TPSA) is 50.0 Å². The van der Waals surface area contributed by atoms with E-state index in [1.54, 1.807) is 6.07 Å². The summed E-state index contributed by atoms with van der Waals surface area (Å²) in [6, 6.07) is 4.62. The number of aryl methyl sites for hydroxylation is 1. The molecular weight excluding hydrogens is 333 g/mol. The molecule has 3 rings (SSSR count). The van der Waals surface area contributed by atoms with Crippen LogP contribution in [0.25, 0.3) is 11.0 Å². The lowest BCUT2D eigenvalue weighted by Gasteiger charge is -2.34. The lowest BCUT2D eigenvalue weighted by atomic mass is 10.1. The van der Waals surface area contributed by atoms with Gasteiger partial charge in [-0.05, 0) is 51.8 Å². The summed E-state index contributed by atoms with van der Waals surface area (Å²) in [5, 5.41) is 4.18.